The zero-order chi connectivity index (χ0) is 23.6. The fourth-order valence-electron chi connectivity index (χ4n) is 4.85. The van der Waals surface area contributed by atoms with Crippen LogP contribution in [0.3, 0.4) is 0 Å². The van der Waals surface area contributed by atoms with Crippen molar-refractivity contribution in [1.29, 1.82) is 0 Å². The Morgan fingerprint density at radius 3 is 2.09 bits per heavy atom. The zero-order valence-corrected chi connectivity index (χ0v) is 23.2. The summed E-state index contributed by atoms with van der Waals surface area (Å²) >= 11 is -0.287. The molecular formula is C30H35IO2P-. The first-order chi connectivity index (χ1) is 16.7. The minimum atomic E-state index is -0.287. The van der Waals surface area contributed by atoms with E-state index < -0.39 is 0 Å². The van der Waals surface area contributed by atoms with Gasteiger partial charge < -0.3 is 0 Å². The van der Waals surface area contributed by atoms with Crippen molar-refractivity contribution in [3.05, 3.63) is 119 Å². The summed E-state index contributed by atoms with van der Waals surface area (Å²) < 4.78 is 11.7. The Bertz CT molecular complexity index is 978. The second-order valence-corrected chi connectivity index (χ2v) is 12.7. The molecule has 1 heterocycles. The fraction of sp³-hybridized carbons (Fsp3) is 0.333. The molecule has 4 heteroatoms. The second kappa shape index (κ2) is 13.0. The van der Waals surface area contributed by atoms with Gasteiger partial charge in [-0.2, -0.15) is 0 Å². The summed E-state index contributed by atoms with van der Waals surface area (Å²) in [4.78, 5) is 0. The summed E-state index contributed by atoms with van der Waals surface area (Å²) in [5.41, 5.74) is 5.56. The van der Waals surface area contributed by atoms with Gasteiger partial charge in [0.2, 0.25) is 0 Å². The SMILES string of the molecule is C/C(=C\COC1CCCCO1)CC(c1ccccc1)C([I-]P)(c1ccccc1)c1ccccc1. The van der Waals surface area contributed by atoms with Gasteiger partial charge in [0.25, 0.3) is 0 Å². The molecule has 0 radical (unpaired) electrons. The van der Waals surface area contributed by atoms with E-state index in [-0.39, 0.29) is 30.4 Å². The second-order valence-electron chi connectivity index (χ2n) is 8.90. The monoisotopic (exact) mass is 585 g/mol. The van der Waals surface area contributed by atoms with Crippen molar-refractivity contribution in [2.45, 2.75) is 48.2 Å². The first-order valence-electron chi connectivity index (χ1n) is 12.1. The van der Waals surface area contributed by atoms with Crippen molar-refractivity contribution in [3.8, 4) is 0 Å². The Kier molecular flexibility index (Phi) is 9.76. The Balaban J connectivity index is 1.70. The molecule has 0 aliphatic carbocycles. The van der Waals surface area contributed by atoms with Crippen LogP contribution in [-0.4, -0.2) is 19.5 Å². The molecule has 3 aromatic rings. The van der Waals surface area contributed by atoms with Gasteiger partial charge in [-0.15, -0.1) is 0 Å². The number of alkyl halides is 1. The van der Waals surface area contributed by atoms with Gasteiger partial charge in [-0.1, -0.05) is 0 Å². The van der Waals surface area contributed by atoms with E-state index in [4.69, 9.17) is 9.47 Å². The first-order valence-corrected chi connectivity index (χ1v) is 17.4. The van der Waals surface area contributed by atoms with Crippen molar-refractivity contribution in [1.82, 2.24) is 0 Å². The summed E-state index contributed by atoms with van der Waals surface area (Å²) in [6.45, 7) is 6.85. The Labute approximate surface area is 217 Å². The van der Waals surface area contributed by atoms with E-state index in [1.54, 1.807) is 0 Å². The van der Waals surface area contributed by atoms with Crippen LogP contribution in [0.15, 0.2) is 103 Å². The summed E-state index contributed by atoms with van der Waals surface area (Å²) in [5.74, 6) is 0.325. The first kappa shape index (κ1) is 25.6. The molecule has 34 heavy (non-hydrogen) atoms. The van der Waals surface area contributed by atoms with Crippen LogP contribution < -0.4 is 20.7 Å². The zero-order valence-electron chi connectivity index (χ0n) is 19.9. The van der Waals surface area contributed by atoms with Gasteiger partial charge in [0.15, 0.2) is 0 Å². The van der Waals surface area contributed by atoms with Gasteiger partial charge in [0, 0.05) is 0 Å². The molecule has 1 saturated heterocycles. The molecule has 0 N–H and O–H groups in total. The summed E-state index contributed by atoms with van der Waals surface area (Å²) in [5, 5.41) is 0. The number of halogens is 1. The molecule has 0 aromatic heterocycles. The van der Waals surface area contributed by atoms with E-state index in [1.807, 2.05) is 0 Å². The van der Waals surface area contributed by atoms with Gasteiger partial charge in [-0.25, -0.2) is 0 Å². The van der Waals surface area contributed by atoms with Gasteiger partial charge in [0.05, 0.1) is 0 Å². The van der Waals surface area contributed by atoms with Crippen LogP contribution in [0.25, 0.3) is 0 Å². The fourth-order valence-corrected chi connectivity index (χ4v) is 10.0. The van der Waals surface area contributed by atoms with Crippen molar-refractivity contribution < 1.29 is 30.1 Å². The van der Waals surface area contributed by atoms with Gasteiger partial charge in [0.1, 0.15) is 0 Å². The number of rotatable bonds is 10. The number of allylic oxidation sites excluding steroid dienone is 1. The molecule has 3 atom stereocenters. The molecule has 1 fully saturated rings. The Morgan fingerprint density at radius 2 is 1.56 bits per heavy atom. The van der Waals surface area contributed by atoms with E-state index in [0.29, 0.717) is 12.5 Å². The van der Waals surface area contributed by atoms with Crippen molar-refractivity contribution in [2.24, 2.45) is 0 Å². The topological polar surface area (TPSA) is 18.5 Å². The molecular weight excluding hydrogens is 550 g/mol. The van der Waals surface area contributed by atoms with Crippen LogP contribution >= 0.6 is 6.88 Å². The molecule has 180 valence electrons. The molecule has 0 bridgehead atoms. The average molecular weight is 585 g/mol. The number of ether oxygens (including phenoxy) is 2. The van der Waals surface area contributed by atoms with Crippen LogP contribution in [0.4, 0.5) is 0 Å². The van der Waals surface area contributed by atoms with Crippen LogP contribution in [0.1, 0.15) is 55.2 Å². The molecule has 1 aliphatic heterocycles. The maximum absolute atomic E-state index is 6.03. The predicted molar refractivity (Wildman–Crippen MR) is 140 cm³/mol. The van der Waals surface area contributed by atoms with Crippen LogP contribution in [0.5, 0.6) is 0 Å². The van der Waals surface area contributed by atoms with Crippen molar-refractivity contribution in [3.63, 3.8) is 0 Å². The third-order valence-corrected chi connectivity index (χ3v) is 11.9. The summed E-state index contributed by atoms with van der Waals surface area (Å²) in [6, 6.07) is 33.3. The predicted octanol–water partition coefficient (Wildman–Crippen LogP) is 4.47. The molecule has 1 aliphatic rings. The molecule has 0 saturated carbocycles. The average Bonchev–Trinajstić information content (AvgIpc) is 2.91. The van der Waals surface area contributed by atoms with Gasteiger partial charge in [-0.05, 0) is 0 Å². The molecule has 3 unspecified atom stereocenters. The van der Waals surface area contributed by atoms with Crippen molar-refractivity contribution >= 4 is 6.88 Å². The van der Waals surface area contributed by atoms with E-state index in [1.165, 1.54) is 28.7 Å². The van der Waals surface area contributed by atoms with Crippen molar-refractivity contribution in [2.75, 3.05) is 13.2 Å². The third kappa shape index (κ3) is 6.18. The van der Waals surface area contributed by atoms with E-state index in [9.17, 15) is 0 Å². The quantitative estimate of drug-likeness (QED) is 0.151. The van der Waals surface area contributed by atoms with Gasteiger partial charge in [-0.3, -0.25) is 0 Å². The standard InChI is InChI=1S/C30H35IO2P/c1-24(20-22-33-29-19-11-12-21-32-29)23-28(25-13-5-2-6-14-25)30(31-34,26-15-7-3-8-16-26)27-17-9-4-10-18-27/h2-10,13-18,20,28-29H,11-12,19,21-23,34H2,1H3/q-1/b24-20+. The minimum absolute atomic E-state index is 0.0478. The Hall–Kier alpha value is -1.52. The van der Waals surface area contributed by atoms with E-state index >= 15 is 0 Å². The molecule has 0 amide bonds. The van der Waals surface area contributed by atoms with Gasteiger partial charge >= 0.3 is 218 Å². The molecule has 4 rings (SSSR count). The van der Waals surface area contributed by atoms with Crippen LogP contribution in [-0.2, 0) is 12.9 Å². The number of hydrogen-bond acceptors (Lipinski definition) is 2. The summed E-state index contributed by atoms with van der Waals surface area (Å²) in [6.07, 6.45) is 6.53. The number of benzene rings is 3. The van der Waals surface area contributed by atoms with E-state index in [0.717, 1.165) is 25.9 Å². The maximum atomic E-state index is 6.03. The normalized spacial score (nSPS) is 18.1. The number of hydrogen-bond donors (Lipinski definition) is 0. The molecule has 2 nitrogen and oxygen atoms in total. The molecule has 3 aromatic carbocycles. The Morgan fingerprint density at radius 1 is 0.971 bits per heavy atom. The van der Waals surface area contributed by atoms with E-state index in [2.05, 4.69) is 111 Å². The summed E-state index contributed by atoms with van der Waals surface area (Å²) in [7, 11) is 0. The molecule has 0 spiro atoms. The van der Waals surface area contributed by atoms with Crippen LogP contribution in [0, 0.1) is 0 Å². The third-order valence-electron chi connectivity index (χ3n) is 6.62. The van der Waals surface area contributed by atoms with Crippen LogP contribution in [0.2, 0.25) is 0 Å².